The van der Waals surface area contributed by atoms with Crippen LogP contribution in [-0.2, 0) is 4.79 Å². The van der Waals surface area contributed by atoms with Crippen molar-refractivity contribution in [3.05, 3.63) is 34.1 Å². The maximum atomic E-state index is 14.0. The molecule has 0 bridgehead atoms. The zero-order valence-corrected chi connectivity index (χ0v) is 12.2. The van der Waals surface area contributed by atoms with Crippen LogP contribution in [0.1, 0.15) is 11.6 Å². The third-order valence-electron chi connectivity index (χ3n) is 3.39. The fourth-order valence-electron chi connectivity index (χ4n) is 2.29. The maximum Gasteiger partial charge on any atom is 0.325 e. The van der Waals surface area contributed by atoms with E-state index in [9.17, 15) is 14.3 Å². The normalized spacial score (nSPS) is 19.3. The average molecular weight is 331 g/mol. The van der Waals surface area contributed by atoms with Crippen LogP contribution in [0.5, 0.6) is 0 Å². The second-order valence-corrected chi connectivity index (χ2v) is 5.66. The summed E-state index contributed by atoms with van der Waals surface area (Å²) in [4.78, 5) is 15.4. The van der Waals surface area contributed by atoms with Crippen molar-refractivity contribution in [2.45, 2.75) is 6.04 Å². The van der Waals surface area contributed by atoms with E-state index in [1.54, 1.807) is 6.07 Å². The molecule has 0 spiro atoms. The van der Waals surface area contributed by atoms with Crippen LogP contribution in [0.4, 0.5) is 4.39 Å². The first kappa shape index (κ1) is 14.4. The van der Waals surface area contributed by atoms with Gasteiger partial charge in [0, 0.05) is 36.2 Å². The van der Waals surface area contributed by atoms with Gasteiger partial charge in [-0.25, -0.2) is 4.39 Å². The predicted molar refractivity (Wildman–Crippen MR) is 73.5 cm³/mol. The quantitative estimate of drug-likeness (QED) is 0.920. The van der Waals surface area contributed by atoms with Crippen LogP contribution in [0.3, 0.4) is 0 Å². The van der Waals surface area contributed by atoms with E-state index in [1.165, 1.54) is 12.1 Å². The smallest absolute Gasteiger partial charge is 0.325 e. The lowest BCUT2D eigenvalue weighted by Gasteiger charge is -2.36. The number of nitrogens with zero attached hydrogens (tertiary/aromatic N) is 2. The van der Waals surface area contributed by atoms with E-state index in [-0.39, 0.29) is 5.56 Å². The van der Waals surface area contributed by atoms with Crippen LogP contribution in [-0.4, -0.2) is 54.1 Å². The topological polar surface area (TPSA) is 43.8 Å². The van der Waals surface area contributed by atoms with Gasteiger partial charge < -0.3 is 10.0 Å². The van der Waals surface area contributed by atoms with Crippen molar-refractivity contribution >= 4 is 21.9 Å². The summed E-state index contributed by atoms with van der Waals surface area (Å²) in [5, 5.41) is 9.40. The number of carboxylic acid groups (broad SMARTS) is 1. The summed E-state index contributed by atoms with van der Waals surface area (Å²) in [7, 11) is 1.99. The number of carboxylic acids is 1. The Hall–Kier alpha value is -0.980. The Kier molecular flexibility index (Phi) is 4.54. The van der Waals surface area contributed by atoms with Crippen molar-refractivity contribution in [1.82, 2.24) is 9.80 Å². The van der Waals surface area contributed by atoms with Crippen molar-refractivity contribution < 1.29 is 14.3 Å². The number of halogens is 2. The zero-order valence-electron chi connectivity index (χ0n) is 10.6. The number of hydrogen-bond donors (Lipinski definition) is 1. The fraction of sp³-hybridized carbons (Fsp3) is 0.462. The summed E-state index contributed by atoms with van der Waals surface area (Å²) >= 11 is 3.18. The van der Waals surface area contributed by atoms with Crippen LogP contribution in [0.15, 0.2) is 22.7 Å². The number of likely N-dealkylation sites (N-methyl/N-ethyl adjacent to an activating group) is 1. The summed E-state index contributed by atoms with van der Waals surface area (Å²) in [6, 6.07) is 3.60. The van der Waals surface area contributed by atoms with Gasteiger partial charge in [0.2, 0.25) is 0 Å². The molecule has 1 aromatic carbocycles. The fourth-order valence-corrected chi connectivity index (χ4v) is 2.62. The summed E-state index contributed by atoms with van der Waals surface area (Å²) in [5.41, 5.74) is 0.222. The van der Waals surface area contributed by atoms with Gasteiger partial charge in [-0.1, -0.05) is 22.0 Å². The number of benzene rings is 1. The van der Waals surface area contributed by atoms with E-state index in [4.69, 9.17) is 0 Å². The molecule has 0 aliphatic carbocycles. The van der Waals surface area contributed by atoms with E-state index >= 15 is 0 Å². The van der Waals surface area contributed by atoms with Gasteiger partial charge in [-0.3, -0.25) is 9.69 Å². The van der Waals surface area contributed by atoms with Gasteiger partial charge in [-0.05, 0) is 19.2 Å². The van der Waals surface area contributed by atoms with E-state index in [0.717, 1.165) is 13.1 Å². The molecule has 6 heteroatoms. The molecular weight excluding hydrogens is 315 g/mol. The summed E-state index contributed by atoms with van der Waals surface area (Å²) < 4.78 is 14.6. The number of piperazine rings is 1. The summed E-state index contributed by atoms with van der Waals surface area (Å²) in [5.74, 6) is -1.49. The minimum Gasteiger partial charge on any atom is -0.480 e. The lowest BCUT2D eigenvalue weighted by Crippen LogP contribution is -2.48. The molecule has 0 saturated carbocycles. The molecule has 1 N–H and O–H groups in total. The van der Waals surface area contributed by atoms with Crippen LogP contribution in [0.25, 0.3) is 0 Å². The molecule has 1 aliphatic heterocycles. The standard InChI is InChI=1S/C13H16BrFN2O2/c1-16-4-6-17(7-5-16)12(13(18)19)10-3-2-9(14)8-11(10)15/h2-3,8,12H,4-7H2,1H3,(H,18,19). The Labute approximate surface area is 119 Å². The SMILES string of the molecule is CN1CCN(C(C(=O)O)c2ccc(Br)cc2F)CC1. The van der Waals surface area contributed by atoms with E-state index in [2.05, 4.69) is 20.8 Å². The molecule has 0 amide bonds. The average Bonchev–Trinajstić information content (AvgIpc) is 2.34. The third kappa shape index (κ3) is 3.32. The van der Waals surface area contributed by atoms with Crippen molar-refractivity contribution in [2.75, 3.05) is 33.2 Å². The largest absolute Gasteiger partial charge is 0.480 e. The van der Waals surface area contributed by atoms with Gasteiger partial charge in [-0.15, -0.1) is 0 Å². The zero-order chi connectivity index (χ0) is 14.0. The van der Waals surface area contributed by atoms with E-state index in [1.807, 2.05) is 11.9 Å². The van der Waals surface area contributed by atoms with Crippen LogP contribution in [0.2, 0.25) is 0 Å². The van der Waals surface area contributed by atoms with E-state index in [0.29, 0.717) is 17.6 Å². The lowest BCUT2D eigenvalue weighted by molar-refractivity contribution is -0.144. The Bertz CT molecular complexity index is 476. The Morgan fingerprint density at radius 3 is 2.53 bits per heavy atom. The molecule has 1 aromatic rings. The van der Waals surface area contributed by atoms with Gasteiger partial charge in [0.15, 0.2) is 0 Å². The van der Waals surface area contributed by atoms with Crippen molar-refractivity contribution in [3.8, 4) is 0 Å². The Morgan fingerprint density at radius 2 is 2.00 bits per heavy atom. The highest BCUT2D eigenvalue weighted by Gasteiger charge is 2.31. The third-order valence-corrected chi connectivity index (χ3v) is 3.89. The molecule has 104 valence electrons. The van der Waals surface area contributed by atoms with Gasteiger partial charge in [0.1, 0.15) is 11.9 Å². The monoisotopic (exact) mass is 330 g/mol. The second kappa shape index (κ2) is 5.98. The molecule has 1 aliphatic rings. The number of rotatable bonds is 3. The van der Waals surface area contributed by atoms with Gasteiger partial charge in [-0.2, -0.15) is 0 Å². The molecule has 1 heterocycles. The first-order chi connectivity index (χ1) is 8.99. The highest BCUT2D eigenvalue weighted by atomic mass is 79.9. The van der Waals surface area contributed by atoms with Gasteiger partial charge in [0.25, 0.3) is 0 Å². The van der Waals surface area contributed by atoms with Crippen LogP contribution < -0.4 is 0 Å². The molecule has 1 atom stereocenters. The summed E-state index contributed by atoms with van der Waals surface area (Å²) in [6.45, 7) is 2.84. The minimum absolute atomic E-state index is 0.222. The highest BCUT2D eigenvalue weighted by molar-refractivity contribution is 9.10. The molecular formula is C13H16BrFN2O2. The van der Waals surface area contributed by atoms with Crippen molar-refractivity contribution in [3.63, 3.8) is 0 Å². The molecule has 0 radical (unpaired) electrons. The number of aliphatic carboxylic acids is 1. The van der Waals surface area contributed by atoms with Crippen molar-refractivity contribution in [1.29, 1.82) is 0 Å². The van der Waals surface area contributed by atoms with Crippen LogP contribution >= 0.6 is 15.9 Å². The molecule has 4 nitrogen and oxygen atoms in total. The minimum atomic E-state index is -1.01. The van der Waals surface area contributed by atoms with E-state index < -0.39 is 17.8 Å². The molecule has 1 fully saturated rings. The molecule has 19 heavy (non-hydrogen) atoms. The number of hydrogen-bond acceptors (Lipinski definition) is 3. The molecule has 2 rings (SSSR count). The molecule has 0 aromatic heterocycles. The predicted octanol–water partition coefficient (Wildman–Crippen LogP) is 1.96. The van der Waals surface area contributed by atoms with Crippen LogP contribution in [0, 0.1) is 5.82 Å². The van der Waals surface area contributed by atoms with Crippen molar-refractivity contribution in [2.24, 2.45) is 0 Å². The Balaban J connectivity index is 2.27. The first-order valence-electron chi connectivity index (χ1n) is 6.09. The number of carbonyl (C=O) groups is 1. The second-order valence-electron chi connectivity index (χ2n) is 4.75. The Morgan fingerprint density at radius 1 is 1.37 bits per heavy atom. The maximum absolute atomic E-state index is 14.0. The summed E-state index contributed by atoms with van der Waals surface area (Å²) in [6.07, 6.45) is 0. The van der Waals surface area contributed by atoms with Gasteiger partial charge in [0.05, 0.1) is 0 Å². The molecule has 1 unspecified atom stereocenters. The lowest BCUT2D eigenvalue weighted by atomic mass is 10.0. The highest BCUT2D eigenvalue weighted by Crippen LogP contribution is 2.26. The first-order valence-corrected chi connectivity index (χ1v) is 6.88. The van der Waals surface area contributed by atoms with Gasteiger partial charge >= 0.3 is 5.97 Å². The molecule has 1 saturated heterocycles.